The maximum atomic E-state index is 12.2. The smallest absolute Gasteiger partial charge is 0.478 e. The number of hydrogen-bond donors (Lipinski definition) is 4. The molecular formula is C18H11F3N6O4S. The minimum atomic E-state index is -4.81. The molecular weight excluding hydrogens is 453 g/mol. The normalized spacial score (nSPS) is 11.3. The van der Waals surface area contributed by atoms with E-state index in [1.807, 2.05) is 0 Å². The number of benzene rings is 1. The Bertz CT molecular complexity index is 1300. The summed E-state index contributed by atoms with van der Waals surface area (Å²) in [5, 5.41) is 21.3. The van der Waals surface area contributed by atoms with Gasteiger partial charge in [0.1, 0.15) is 5.75 Å². The Kier molecular flexibility index (Phi) is 5.36. The number of thiazole rings is 1. The summed E-state index contributed by atoms with van der Waals surface area (Å²) in [5.74, 6) is -1.57. The average molecular weight is 464 g/mol. The van der Waals surface area contributed by atoms with Crippen LogP contribution in [0.3, 0.4) is 0 Å². The van der Waals surface area contributed by atoms with E-state index in [9.17, 15) is 27.9 Å². The van der Waals surface area contributed by atoms with Crippen molar-refractivity contribution in [1.82, 2.24) is 20.2 Å². The number of carboxylic acids is 1. The quantitative estimate of drug-likeness (QED) is 0.344. The molecule has 164 valence electrons. The molecule has 4 aromatic rings. The summed E-state index contributed by atoms with van der Waals surface area (Å²) in [6.07, 6.45) is -2.03. The van der Waals surface area contributed by atoms with Crippen LogP contribution in [0.1, 0.15) is 10.4 Å². The predicted octanol–water partition coefficient (Wildman–Crippen LogP) is 4.32. The summed E-state index contributed by atoms with van der Waals surface area (Å²) >= 11 is 1.05. The first kappa shape index (κ1) is 21.0. The van der Waals surface area contributed by atoms with Crippen LogP contribution in [0.4, 0.5) is 28.8 Å². The number of carbonyl (C=O) groups excluding carboxylic acids is 1. The van der Waals surface area contributed by atoms with Gasteiger partial charge >= 0.3 is 18.4 Å². The third kappa shape index (κ3) is 4.75. The van der Waals surface area contributed by atoms with Crippen molar-refractivity contribution in [3.05, 3.63) is 48.3 Å². The van der Waals surface area contributed by atoms with Crippen LogP contribution < -0.4 is 15.4 Å². The highest BCUT2D eigenvalue weighted by atomic mass is 32.1. The maximum Gasteiger partial charge on any atom is 0.573 e. The number of pyridine rings is 1. The number of rotatable bonds is 5. The number of urea groups is 1. The molecule has 32 heavy (non-hydrogen) atoms. The number of nitrogens with one attached hydrogen (secondary N) is 3. The first-order valence-electron chi connectivity index (χ1n) is 8.65. The van der Waals surface area contributed by atoms with Gasteiger partial charge in [-0.3, -0.25) is 10.4 Å². The van der Waals surface area contributed by atoms with Crippen LogP contribution in [-0.4, -0.2) is 43.6 Å². The Labute approximate surface area is 180 Å². The zero-order chi connectivity index (χ0) is 22.9. The number of nitrogens with zero attached hydrogens (tertiary/aromatic N) is 3. The molecule has 4 rings (SSSR count). The number of halogens is 3. The molecule has 0 aliphatic carbocycles. The van der Waals surface area contributed by atoms with Gasteiger partial charge in [-0.25, -0.2) is 19.6 Å². The van der Waals surface area contributed by atoms with Gasteiger partial charge in [0.25, 0.3) is 0 Å². The molecule has 1 aromatic carbocycles. The number of anilines is 2. The van der Waals surface area contributed by atoms with E-state index >= 15 is 0 Å². The SMILES string of the molecule is O=C(Nc1ccc(OC(F)(F)F)cc1)Nc1ncc(-c2cc(C(=O)O)c3cn[nH]c3n2)s1. The lowest BCUT2D eigenvalue weighted by Gasteiger charge is -2.10. The highest BCUT2D eigenvalue weighted by molar-refractivity contribution is 7.19. The minimum Gasteiger partial charge on any atom is -0.478 e. The maximum absolute atomic E-state index is 12.2. The van der Waals surface area contributed by atoms with Crippen LogP contribution in [0.2, 0.25) is 0 Å². The van der Waals surface area contributed by atoms with E-state index in [0.29, 0.717) is 21.6 Å². The van der Waals surface area contributed by atoms with Crippen molar-refractivity contribution in [3.8, 4) is 16.3 Å². The summed E-state index contributed by atoms with van der Waals surface area (Å²) in [5.41, 5.74) is 0.854. The molecule has 0 fully saturated rings. The first-order valence-corrected chi connectivity index (χ1v) is 9.47. The lowest BCUT2D eigenvalue weighted by molar-refractivity contribution is -0.274. The third-order valence-corrected chi connectivity index (χ3v) is 4.91. The van der Waals surface area contributed by atoms with Gasteiger partial charge < -0.3 is 15.2 Å². The van der Waals surface area contributed by atoms with Gasteiger partial charge in [0.15, 0.2) is 10.8 Å². The molecule has 10 nitrogen and oxygen atoms in total. The fraction of sp³-hybridized carbons (Fsp3) is 0.0556. The molecule has 14 heteroatoms. The fourth-order valence-electron chi connectivity index (χ4n) is 2.68. The molecule has 0 radical (unpaired) electrons. The van der Waals surface area contributed by atoms with Gasteiger partial charge in [-0.1, -0.05) is 11.3 Å². The Balaban J connectivity index is 1.45. The molecule has 0 bridgehead atoms. The van der Waals surface area contributed by atoms with Crippen LogP contribution >= 0.6 is 11.3 Å². The molecule has 3 aromatic heterocycles. The molecule has 3 heterocycles. The van der Waals surface area contributed by atoms with E-state index in [-0.39, 0.29) is 16.4 Å². The third-order valence-electron chi connectivity index (χ3n) is 3.98. The van der Waals surface area contributed by atoms with Crippen molar-refractivity contribution in [2.24, 2.45) is 0 Å². The second-order valence-corrected chi connectivity index (χ2v) is 7.20. The first-order chi connectivity index (χ1) is 15.2. The summed E-state index contributed by atoms with van der Waals surface area (Å²) in [7, 11) is 0. The van der Waals surface area contributed by atoms with Crippen molar-refractivity contribution >= 4 is 45.2 Å². The number of H-pyrrole nitrogens is 1. The van der Waals surface area contributed by atoms with E-state index in [4.69, 9.17) is 0 Å². The van der Waals surface area contributed by atoms with E-state index < -0.39 is 24.1 Å². The fourth-order valence-corrected chi connectivity index (χ4v) is 3.45. The van der Waals surface area contributed by atoms with Gasteiger partial charge in [0.2, 0.25) is 0 Å². The second kappa shape index (κ2) is 8.14. The minimum absolute atomic E-state index is 0.0114. The van der Waals surface area contributed by atoms with E-state index in [0.717, 1.165) is 23.5 Å². The summed E-state index contributed by atoms with van der Waals surface area (Å²) < 4.78 is 40.3. The molecule has 0 atom stereocenters. The largest absolute Gasteiger partial charge is 0.573 e. The van der Waals surface area contributed by atoms with Crippen LogP contribution in [0.5, 0.6) is 5.75 Å². The highest BCUT2D eigenvalue weighted by Crippen LogP contribution is 2.30. The Hall–Kier alpha value is -4.20. The number of hydrogen-bond acceptors (Lipinski definition) is 7. The van der Waals surface area contributed by atoms with Crippen molar-refractivity contribution in [2.75, 3.05) is 10.6 Å². The van der Waals surface area contributed by atoms with Gasteiger partial charge in [0, 0.05) is 11.9 Å². The van der Waals surface area contributed by atoms with Crippen LogP contribution in [0.25, 0.3) is 21.6 Å². The Morgan fingerprint density at radius 3 is 2.56 bits per heavy atom. The van der Waals surface area contributed by atoms with Gasteiger partial charge in [-0.15, -0.1) is 13.2 Å². The molecule has 0 unspecified atom stereocenters. The zero-order valence-electron chi connectivity index (χ0n) is 15.6. The monoisotopic (exact) mass is 464 g/mol. The van der Waals surface area contributed by atoms with Crippen molar-refractivity contribution in [2.45, 2.75) is 6.36 Å². The van der Waals surface area contributed by atoms with Crippen LogP contribution in [0, 0.1) is 0 Å². The van der Waals surface area contributed by atoms with Gasteiger partial charge in [-0.2, -0.15) is 5.10 Å². The van der Waals surface area contributed by atoms with E-state index in [2.05, 4.69) is 35.5 Å². The molecule has 0 saturated carbocycles. The number of fused-ring (bicyclic) bond motifs is 1. The lowest BCUT2D eigenvalue weighted by Crippen LogP contribution is -2.19. The number of aromatic amines is 1. The van der Waals surface area contributed by atoms with Crippen molar-refractivity contribution in [1.29, 1.82) is 0 Å². The number of carbonyl (C=O) groups is 2. The number of amides is 2. The van der Waals surface area contributed by atoms with Crippen molar-refractivity contribution in [3.63, 3.8) is 0 Å². The number of alkyl halides is 3. The molecule has 0 aliphatic rings. The average Bonchev–Trinajstić information content (AvgIpc) is 3.36. The summed E-state index contributed by atoms with van der Waals surface area (Å²) in [6.45, 7) is 0. The Morgan fingerprint density at radius 1 is 1.12 bits per heavy atom. The molecule has 0 aliphatic heterocycles. The van der Waals surface area contributed by atoms with Crippen LogP contribution in [0.15, 0.2) is 42.7 Å². The highest BCUT2D eigenvalue weighted by Gasteiger charge is 2.31. The number of aromatic nitrogens is 4. The molecule has 0 saturated heterocycles. The molecule has 4 N–H and O–H groups in total. The lowest BCUT2D eigenvalue weighted by atomic mass is 10.1. The van der Waals surface area contributed by atoms with Gasteiger partial charge in [0.05, 0.1) is 27.7 Å². The van der Waals surface area contributed by atoms with Crippen LogP contribution in [-0.2, 0) is 0 Å². The van der Waals surface area contributed by atoms with E-state index in [1.165, 1.54) is 30.6 Å². The zero-order valence-corrected chi connectivity index (χ0v) is 16.4. The summed E-state index contributed by atoms with van der Waals surface area (Å²) in [6, 6.07) is 5.29. The number of carboxylic acid groups (broad SMARTS) is 1. The number of aromatic carboxylic acids is 1. The second-order valence-electron chi connectivity index (χ2n) is 6.17. The number of ether oxygens (including phenoxy) is 1. The Morgan fingerprint density at radius 2 is 1.88 bits per heavy atom. The molecule has 0 spiro atoms. The molecule has 2 amide bonds. The predicted molar refractivity (Wildman–Crippen MR) is 108 cm³/mol. The topological polar surface area (TPSA) is 142 Å². The van der Waals surface area contributed by atoms with Crippen molar-refractivity contribution < 1.29 is 32.6 Å². The van der Waals surface area contributed by atoms with Gasteiger partial charge in [-0.05, 0) is 30.3 Å². The summed E-state index contributed by atoms with van der Waals surface area (Å²) in [4.78, 5) is 32.5. The standard InChI is InChI=1S/C18H11F3N6O4S/c19-18(20,21)31-9-3-1-8(2-4-9)24-16(30)26-17-22-7-13(32-17)12-5-10(15(28)29)11-6-23-27-14(11)25-12/h1-7H,(H,28,29)(H,23,25,27)(H2,22,24,26,30). The van der Waals surface area contributed by atoms with E-state index in [1.54, 1.807) is 0 Å².